The number of aromatic nitrogens is 2. The second-order valence-electron chi connectivity index (χ2n) is 5.71. The quantitative estimate of drug-likeness (QED) is 0.689. The SMILES string of the molecule is Cc1ccc2c(c1)C(=O)N(c1ccc3nc(C)ncc3c1)C2. The third-order valence-electron chi connectivity index (χ3n) is 4.06. The van der Waals surface area contributed by atoms with Gasteiger partial charge in [-0.15, -0.1) is 0 Å². The molecule has 3 aromatic rings. The molecule has 1 aromatic heterocycles. The first-order chi connectivity index (χ1) is 10.6. The Bertz CT molecular complexity index is 917. The molecule has 4 heteroatoms. The van der Waals surface area contributed by atoms with Gasteiger partial charge in [0.1, 0.15) is 5.82 Å². The Morgan fingerprint density at radius 3 is 2.82 bits per heavy atom. The third-order valence-corrected chi connectivity index (χ3v) is 4.06. The van der Waals surface area contributed by atoms with Gasteiger partial charge in [0.05, 0.1) is 12.1 Å². The van der Waals surface area contributed by atoms with Crippen LogP contribution >= 0.6 is 0 Å². The van der Waals surface area contributed by atoms with Crippen molar-refractivity contribution in [1.82, 2.24) is 9.97 Å². The van der Waals surface area contributed by atoms with Crippen LogP contribution in [0.5, 0.6) is 0 Å². The number of anilines is 1. The van der Waals surface area contributed by atoms with E-state index >= 15 is 0 Å². The molecule has 2 aromatic carbocycles. The Balaban J connectivity index is 1.77. The molecule has 0 unspecified atom stereocenters. The Labute approximate surface area is 128 Å². The van der Waals surface area contributed by atoms with Crippen molar-refractivity contribution in [1.29, 1.82) is 0 Å². The molecular formula is C18H15N3O. The Kier molecular flexibility index (Phi) is 2.73. The maximum Gasteiger partial charge on any atom is 0.258 e. The number of fused-ring (bicyclic) bond motifs is 2. The smallest absolute Gasteiger partial charge is 0.258 e. The standard InChI is InChI=1S/C18H15N3O/c1-11-3-4-13-10-21(18(22)16(13)7-11)15-5-6-17-14(8-15)9-19-12(2)20-17/h3-9H,10H2,1-2H3. The van der Waals surface area contributed by atoms with Crippen LogP contribution in [0.4, 0.5) is 5.69 Å². The summed E-state index contributed by atoms with van der Waals surface area (Å²) < 4.78 is 0. The second kappa shape index (κ2) is 4.63. The zero-order valence-corrected chi connectivity index (χ0v) is 12.5. The van der Waals surface area contributed by atoms with Crippen molar-refractivity contribution in [3.8, 4) is 0 Å². The molecule has 0 spiro atoms. The number of carbonyl (C=O) groups excluding carboxylic acids is 1. The van der Waals surface area contributed by atoms with Gasteiger partial charge < -0.3 is 4.90 Å². The largest absolute Gasteiger partial charge is 0.304 e. The fourth-order valence-electron chi connectivity index (χ4n) is 2.90. The third kappa shape index (κ3) is 1.96. The van der Waals surface area contributed by atoms with E-state index < -0.39 is 0 Å². The lowest BCUT2D eigenvalue weighted by Crippen LogP contribution is -2.22. The lowest BCUT2D eigenvalue weighted by atomic mass is 10.1. The van der Waals surface area contributed by atoms with Crippen molar-refractivity contribution in [3.63, 3.8) is 0 Å². The van der Waals surface area contributed by atoms with Crippen molar-refractivity contribution >= 4 is 22.5 Å². The highest BCUT2D eigenvalue weighted by molar-refractivity contribution is 6.10. The average molecular weight is 289 g/mol. The summed E-state index contributed by atoms with van der Waals surface area (Å²) in [5.41, 5.74) is 4.78. The Morgan fingerprint density at radius 1 is 1.09 bits per heavy atom. The van der Waals surface area contributed by atoms with Crippen LogP contribution in [0.1, 0.15) is 27.3 Å². The predicted octanol–water partition coefficient (Wildman–Crippen LogP) is 3.41. The minimum Gasteiger partial charge on any atom is -0.304 e. The van der Waals surface area contributed by atoms with Gasteiger partial charge in [-0.3, -0.25) is 4.79 Å². The molecule has 2 heterocycles. The normalized spacial score (nSPS) is 13.7. The van der Waals surface area contributed by atoms with E-state index in [4.69, 9.17) is 0 Å². The van der Waals surface area contributed by atoms with Gasteiger partial charge >= 0.3 is 0 Å². The van der Waals surface area contributed by atoms with Crippen molar-refractivity contribution < 1.29 is 4.79 Å². The summed E-state index contributed by atoms with van der Waals surface area (Å²) in [6.07, 6.45) is 1.80. The highest BCUT2D eigenvalue weighted by Gasteiger charge is 2.28. The van der Waals surface area contributed by atoms with Crippen LogP contribution in [0.15, 0.2) is 42.6 Å². The van der Waals surface area contributed by atoms with Gasteiger partial charge in [0.2, 0.25) is 0 Å². The van der Waals surface area contributed by atoms with Crippen molar-refractivity contribution in [2.24, 2.45) is 0 Å². The summed E-state index contributed by atoms with van der Waals surface area (Å²) in [6, 6.07) is 11.9. The molecule has 4 rings (SSSR count). The summed E-state index contributed by atoms with van der Waals surface area (Å²) in [5, 5.41) is 0.947. The van der Waals surface area contributed by atoms with Crippen LogP contribution in [-0.2, 0) is 6.54 Å². The first kappa shape index (κ1) is 13.0. The Hall–Kier alpha value is -2.75. The highest BCUT2D eigenvalue weighted by Crippen LogP contribution is 2.30. The van der Waals surface area contributed by atoms with Crippen LogP contribution in [0, 0.1) is 13.8 Å². The number of amides is 1. The summed E-state index contributed by atoms with van der Waals surface area (Å²) in [5.74, 6) is 0.812. The number of rotatable bonds is 1. The Morgan fingerprint density at radius 2 is 1.95 bits per heavy atom. The molecule has 0 aliphatic carbocycles. The molecule has 0 saturated heterocycles. The predicted molar refractivity (Wildman–Crippen MR) is 86.0 cm³/mol. The van der Waals surface area contributed by atoms with Crippen LogP contribution in [-0.4, -0.2) is 15.9 Å². The summed E-state index contributed by atoms with van der Waals surface area (Å²) in [7, 11) is 0. The fourth-order valence-corrected chi connectivity index (χ4v) is 2.90. The van der Waals surface area contributed by atoms with Gasteiger partial charge in [0.15, 0.2) is 0 Å². The first-order valence-electron chi connectivity index (χ1n) is 7.26. The van der Waals surface area contributed by atoms with E-state index in [0.29, 0.717) is 6.54 Å². The van der Waals surface area contributed by atoms with Crippen molar-refractivity contribution in [2.75, 3.05) is 4.90 Å². The van der Waals surface area contributed by atoms with E-state index in [1.165, 1.54) is 0 Å². The van der Waals surface area contributed by atoms with Crippen molar-refractivity contribution in [3.05, 3.63) is 65.1 Å². The molecule has 22 heavy (non-hydrogen) atoms. The molecule has 0 N–H and O–H groups in total. The van der Waals surface area contributed by atoms with E-state index in [0.717, 1.165) is 39.1 Å². The van der Waals surface area contributed by atoms with E-state index in [1.54, 1.807) is 6.20 Å². The topological polar surface area (TPSA) is 46.1 Å². The molecule has 0 saturated carbocycles. The van der Waals surface area contributed by atoms with E-state index in [-0.39, 0.29) is 5.91 Å². The molecule has 108 valence electrons. The zero-order chi connectivity index (χ0) is 15.3. The number of nitrogens with zero attached hydrogens (tertiary/aromatic N) is 3. The lowest BCUT2D eigenvalue weighted by Gasteiger charge is -2.16. The zero-order valence-electron chi connectivity index (χ0n) is 12.5. The maximum atomic E-state index is 12.6. The monoisotopic (exact) mass is 289 g/mol. The van der Waals surface area contributed by atoms with Crippen LogP contribution in [0.2, 0.25) is 0 Å². The van der Waals surface area contributed by atoms with Gasteiger partial charge in [-0.2, -0.15) is 0 Å². The van der Waals surface area contributed by atoms with Gasteiger partial charge in [-0.25, -0.2) is 9.97 Å². The number of benzene rings is 2. The average Bonchev–Trinajstić information content (AvgIpc) is 2.84. The number of hydrogen-bond acceptors (Lipinski definition) is 3. The van der Waals surface area contributed by atoms with Gasteiger partial charge in [0.25, 0.3) is 5.91 Å². The van der Waals surface area contributed by atoms with E-state index in [1.807, 2.05) is 55.1 Å². The van der Waals surface area contributed by atoms with Crippen LogP contribution in [0.25, 0.3) is 10.9 Å². The minimum atomic E-state index is 0.0612. The van der Waals surface area contributed by atoms with Gasteiger partial charge in [0, 0.05) is 22.8 Å². The molecule has 0 fully saturated rings. The number of hydrogen-bond donors (Lipinski definition) is 0. The maximum absolute atomic E-state index is 12.6. The summed E-state index contributed by atoms with van der Waals surface area (Å²) in [4.78, 5) is 23.1. The van der Waals surface area contributed by atoms with Crippen molar-refractivity contribution in [2.45, 2.75) is 20.4 Å². The number of aryl methyl sites for hydroxylation is 2. The minimum absolute atomic E-state index is 0.0612. The fraction of sp³-hybridized carbons (Fsp3) is 0.167. The van der Waals surface area contributed by atoms with Crippen LogP contribution < -0.4 is 4.90 Å². The molecule has 0 radical (unpaired) electrons. The van der Waals surface area contributed by atoms with E-state index in [9.17, 15) is 4.79 Å². The van der Waals surface area contributed by atoms with E-state index in [2.05, 4.69) is 9.97 Å². The molecule has 1 aliphatic heterocycles. The lowest BCUT2D eigenvalue weighted by molar-refractivity contribution is 0.0996. The molecular weight excluding hydrogens is 274 g/mol. The molecule has 0 atom stereocenters. The molecule has 0 bridgehead atoms. The first-order valence-corrected chi connectivity index (χ1v) is 7.26. The molecule has 1 aliphatic rings. The summed E-state index contributed by atoms with van der Waals surface area (Å²) in [6.45, 7) is 4.49. The summed E-state index contributed by atoms with van der Waals surface area (Å²) >= 11 is 0. The van der Waals surface area contributed by atoms with Gasteiger partial charge in [-0.1, -0.05) is 17.7 Å². The highest BCUT2D eigenvalue weighted by atomic mass is 16.2. The molecule has 4 nitrogen and oxygen atoms in total. The van der Waals surface area contributed by atoms with Crippen LogP contribution in [0.3, 0.4) is 0 Å². The second-order valence-corrected chi connectivity index (χ2v) is 5.71. The molecule has 1 amide bonds. The number of carbonyl (C=O) groups is 1. The van der Waals surface area contributed by atoms with Gasteiger partial charge in [-0.05, 0) is 43.7 Å².